The van der Waals surface area contributed by atoms with Crippen molar-refractivity contribution in [1.29, 1.82) is 0 Å². The van der Waals surface area contributed by atoms with E-state index in [0.29, 0.717) is 6.54 Å². The first-order chi connectivity index (χ1) is 6.08. The van der Waals surface area contributed by atoms with Crippen LogP contribution in [0.25, 0.3) is 0 Å². The van der Waals surface area contributed by atoms with E-state index in [1.807, 2.05) is 13.8 Å². The molecule has 1 saturated carbocycles. The van der Waals surface area contributed by atoms with Crippen LogP contribution in [0, 0.1) is 5.41 Å². The van der Waals surface area contributed by atoms with Crippen LogP contribution in [0.15, 0.2) is 11.6 Å². The summed E-state index contributed by atoms with van der Waals surface area (Å²) in [4.78, 5) is 11.2. The van der Waals surface area contributed by atoms with Gasteiger partial charge in [-0.15, -0.1) is 0 Å². The summed E-state index contributed by atoms with van der Waals surface area (Å²) >= 11 is 0. The monoisotopic (exact) mass is 183 g/mol. The van der Waals surface area contributed by atoms with E-state index in [0.717, 1.165) is 18.4 Å². The van der Waals surface area contributed by atoms with Crippen LogP contribution in [0.4, 0.5) is 0 Å². The van der Waals surface area contributed by atoms with Gasteiger partial charge in [0.15, 0.2) is 0 Å². The lowest BCUT2D eigenvalue weighted by atomic mass is 10.1. The molecular weight excluding hydrogens is 166 g/mol. The maximum atomic E-state index is 11.2. The predicted octanol–water partition coefficient (Wildman–Crippen LogP) is 0.841. The minimum absolute atomic E-state index is 0.00511. The van der Waals surface area contributed by atoms with Crippen LogP contribution in [0.1, 0.15) is 26.7 Å². The highest BCUT2D eigenvalue weighted by Gasteiger charge is 2.41. The topological polar surface area (TPSA) is 49.3 Å². The van der Waals surface area contributed by atoms with Crippen molar-refractivity contribution >= 4 is 5.91 Å². The fourth-order valence-corrected chi connectivity index (χ4v) is 1.16. The van der Waals surface area contributed by atoms with Gasteiger partial charge in [0.25, 0.3) is 0 Å². The van der Waals surface area contributed by atoms with Gasteiger partial charge in [-0.25, -0.2) is 0 Å². The third-order valence-corrected chi connectivity index (χ3v) is 2.35. The van der Waals surface area contributed by atoms with E-state index in [9.17, 15) is 4.79 Å². The van der Waals surface area contributed by atoms with Crippen LogP contribution in [-0.4, -0.2) is 24.2 Å². The highest BCUT2D eigenvalue weighted by Crippen LogP contribution is 2.44. The maximum absolute atomic E-state index is 11.2. The van der Waals surface area contributed by atoms with Crippen molar-refractivity contribution in [2.75, 3.05) is 13.2 Å². The number of nitrogens with one attached hydrogen (secondary N) is 1. The smallest absolute Gasteiger partial charge is 0.243 e. The van der Waals surface area contributed by atoms with Crippen molar-refractivity contribution in [3.8, 4) is 0 Å². The highest BCUT2D eigenvalue weighted by molar-refractivity contribution is 5.88. The molecule has 13 heavy (non-hydrogen) atoms. The Labute approximate surface area is 78.8 Å². The summed E-state index contributed by atoms with van der Waals surface area (Å²) < 4.78 is 0. The van der Waals surface area contributed by atoms with Gasteiger partial charge in [-0.05, 0) is 26.7 Å². The lowest BCUT2D eigenvalue weighted by Crippen LogP contribution is -2.30. The molecule has 3 nitrogen and oxygen atoms in total. The zero-order chi connectivity index (χ0) is 9.90. The molecule has 0 radical (unpaired) electrons. The Morgan fingerprint density at radius 1 is 1.54 bits per heavy atom. The largest absolute Gasteiger partial charge is 0.396 e. The molecule has 1 aliphatic carbocycles. The van der Waals surface area contributed by atoms with E-state index >= 15 is 0 Å². The Balaban J connectivity index is 2.27. The van der Waals surface area contributed by atoms with Crippen molar-refractivity contribution < 1.29 is 9.90 Å². The fraction of sp³-hybridized carbons (Fsp3) is 0.700. The molecule has 0 aromatic rings. The second kappa shape index (κ2) is 3.92. The normalized spacial score (nSPS) is 17.8. The van der Waals surface area contributed by atoms with Gasteiger partial charge in [-0.3, -0.25) is 4.79 Å². The Kier molecular flexibility index (Phi) is 3.09. The molecule has 1 fully saturated rings. The predicted molar refractivity (Wildman–Crippen MR) is 51.2 cm³/mol. The first kappa shape index (κ1) is 10.3. The summed E-state index contributed by atoms with van der Waals surface area (Å²) in [7, 11) is 0. The van der Waals surface area contributed by atoms with Crippen molar-refractivity contribution in [2.24, 2.45) is 5.41 Å². The summed E-state index contributed by atoms with van der Waals surface area (Å²) in [6.07, 6.45) is 3.63. The second-order valence-corrected chi connectivity index (χ2v) is 4.10. The molecule has 0 unspecified atom stereocenters. The molecule has 1 rings (SSSR count). The van der Waals surface area contributed by atoms with Crippen LogP contribution in [0.2, 0.25) is 0 Å². The van der Waals surface area contributed by atoms with Gasteiger partial charge in [0.1, 0.15) is 0 Å². The van der Waals surface area contributed by atoms with E-state index < -0.39 is 0 Å². The van der Waals surface area contributed by atoms with E-state index in [1.165, 1.54) is 0 Å². The van der Waals surface area contributed by atoms with E-state index in [2.05, 4.69) is 5.32 Å². The lowest BCUT2D eigenvalue weighted by Gasteiger charge is -2.11. The van der Waals surface area contributed by atoms with E-state index in [1.54, 1.807) is 6.08 Å². The molecule has 0 aromatic carbocycles. The number of aliphatic hydroxyl groups is 1. The summed E-state index contributed by atoms with van der Waals surface area (Å²) in [5.74, 6) is -0.0558. The van der Waals surface area contributed by atoms with Crippen LogP contribution in [0.5, 0.6) is 0 Å². The van der Waals surface area contributed by atoms with Gasteiger partial charge in [0.2, 0.25) is 5.91 Å². The van der Waals surface area contributed by atoms with Crippen molar-refractivity contribution in [2.45, 2.75) is 26.7 Å². The number of rotatable bonds is 4. The van der Waals surface area contributed by atoms with E-state index in [-0.39, 0.29) is 17.9 Å². The number of allylic oxidation sites excluding steroid dienone is 1. The first-order valence-electron chi connectivity index (χ1n) is 4.62. The molecule has 0 bridgehead atoms. The SMILES string of the molecule is CC(C)=CC(=O)NCC1(CO)CC1. The number of aliphatic hydroxyl groups excluding tert-OH is 1. The maximum Gasteiger partial charge on any atom is 0.243 e. The number of carbonyl (C=O) groups excluding carboxylic acids is 1. The number of amides is 1. The quantitative estimate of drug-likeness (QED) is 0.634. The summed E-state index contributed by atoms with van der Waals surface area (Å²) in [5.41, 5.74) is 0.997. The Morgan fingerprint density at radius 2 is 2.15 bits per heavy atom. The molecule has 2 N–H and O–H groups in total. The average Bonchev–Trinajstić information content (AvgIpc) is 2.80. The van der Waals surface area contributed by atoms with Crippen molar-refractivity contribution in [3.05, 3.63) is 11.6 Å². The van der Waals surface area contributed by atoms with Gasteiger partial charge >= 0.3 is 0 Å². The molecule has 0 atom stereocenters. The fourth-order valence-electron chi connectivity index (χ4n) is 1.16. The lowest BCUT2D eigenvalue weighted by molar-refractivity contribution is -0.116. The second-order valence-electron chi connectivity index (χ2n) is 4.10. The molecule has 1 amide bonds. The number of hydrogen-bond donors (Lipinski definition) is 2. The third-order valence-electron chi connectivity index (χ3n) is 2.35. The van der Waals surface area contributed by atoms with Crippen molar-refractivity contribution in [3.63, 3.8) is 0 Å². The minimum Gasteiger partial charge on any atom is -0.396 e. The molecule has 3 heteroatoms. The average molecular weight is 183 g/mol. The van der Waals surface area contributed by atoms with Gasteiger partial charge < -0.3 is 10.4 Å². The zero-order valence-electron chi connectivity index (χ0n) is 8.26. The summed E-state index contributed by atoms with van der Waals surface area (Å²) in [5, 5.41) is 11.8. The van der Waals surface area contributed by atoms with Gasteiger partial charge in [-0.2, -0.15) is 0 Å². The number of carbonyl (C=O) groups is 1. The Morgan fingerprint density at radius 3 is 2.54 bits per heavy atom. The molecule has 0 heterocycles. The number of hydrogen-bond acceptors (Lipinski definition) is 2. The molecule has 0 spiro atoms. The van der Waals surface area contributed by atoms with Crippen LogP contribution >= 0.6 is 0 Å². The van der Waals surface area contributed by atoms with Crippen LogP contribution in [-0.2, 0) is 4.79 Å². The van der Waals surface area contributed by atoms with Crippen molar-refractivity contribution in [1.82, 2.24) is 5.32 Å². The third kappa shape index (κ3) is 3.19. The molecule has 74 valence electrons. The van der Waals surface area contributed by atoms with Crippen LogP contribution < -0.4 is 5.32 Å². The molecule has 1 aliphatic rings. The van der Waals surface area contributed by atoms with E-state index in [4.69, 9.17) is 5.11 Å². The van der Waals surface area contributed by atoms with Crippen LogP contribution in [0.3, 0.4) is 0 Å². The van der Waals surface area contributed by atoms with Gasteiger partial charge in [0.05, 0.1) is 6.61 Å². The zero-order valence-corrected chi connectivity index (χ0v) is 8.26. The molecule has 0 aliphatic heterocycles. The van der Waals surface area contributed by atoms with Gasteiger partial charge in [-0.1, -0.05) is 5.57 Å². The Bertz CT molecular complexity index is 225. The molecule has 0 aromatic heterocycles. The summed E-state index contributed by atoms with van der Waals surface area (Å²) in [6, 6.07) is 0. The highest BCUT2D eigenvalue weighted by atomic mass is 16.3. The molecular formula is C10H17NO2. The minimum atomic E-state index is -0.0558. The van der Waals surface area contributed by atoms with Gasteiger partial charge in [0, 0.05) is 18.0 Å². The molecule has 0 saturated heterocycles. The first-order valence-corrected chi connectivity index (χ1v) is 4.62. The Hall–Kier alpha value is -0.830. The summed E-state index contributed by atoms with van der Waals surface area (Å²) in [6.45, 7) is 4.56. The standard InChI is InChI=1S/C10H17NO2/c1-8(2)5-9(13)11-6-10(7-12)3-4-10/h5,12H,3-4,6-7H2,1-2H3,(H,11,13).